The summed E-state index contributed by atoms with van der Waals surface area (Å²) in [4.78, 5) is 0. The molecule has 0 fully saturated rings. The van der Waals surface area contributed by atoms with E-state index in [1.807, 2.05) is 24.3 Å². The number of benzene rings is 2. The third-order valence-corrected chi connectivity index (χ3v) is 5.11. The molecule has 2 aromatic carbocycles. The van der Waals surface area contributed by atoms with Crippen molar-refractivity contribution in [3.8, 4) is 11.5 Å². The van der Waals surface area contributed by atoms with Crippen LogP contribution in [0.5, 0.6) is 11.5 Å². The molecule has 1 aliphatic rings. The highest BCUT2D eigenvalue weighted by Crippen LogP contribution is 2.41. The Labute approximate surface area is 167 Å². The van der Waals surface area contributed by atoms with E-state index < -0.39 is 6.61 Å². The number of fused-ring (bicyclic) bond motifs is 1. The molecule has 0 spiro atoms. The van der Waals surface area contributed by atoms with Crippen molar-refractivity contribution in [3.63, 3.8) is 0 Å². The van der Waals surface area contributed by atoms with Crippen LogP contribution in [0.3, 0.4) is 0 Å². The van der Waals surface area contributed by atoms with Crippen LogP contribution in [0.25, 0.3) is 0 Å². The smallest absolute Gasteiger partial charge is 0.387 e. The summed E-state index contributed by atoms with van der Waals surface area (Å²) in [5.41, 5.74) is 1.58. The fourth-order valence-corrected chi connectivity index (χ4v) is 3.71. The highest BCUT2D eigenvalue weighted by molar-refractivity contribution is 9.10. The highest BCUT2D eigenvalue weighted by Gasteiger charge is 2.33. The van der Waals surface area contributed by atoms with Gasteiger partial charge in [0.25, 0.3) is 0 Å². The predicted octanol–water partition coefficient (Wildman–Crippen LogP) is 4.19. The van der Waals surface area contributed by atoms with Gasteiger partial charge in [0.15, 0.2) is 0 Å². The molecule has 0 saturated heterocycles. The number of rotatable bonds is 5. The molecule has 0 bridgehead atoms. The number of nitrogens with one attached hydrogen (secondary N) is 1. The largest absolute Gasteiger partial charge is 0.497 e. The predicted molar refractivity (Wildman–Crippen MR) is 101 cm³/mol. The molecule has 1 aromatic heterocycles. The molecule has 0 saturated carbocycles. The molecule has 3 aromatic rings. The molecule has 0 unspecified atom stereocenters. The van der Waals surface area contributed by atoms with Crippen LogP contribution < -0.4 is 14.8 Å². The number of anilines is 1. The van der Waals surface area contributed by atoms with E-state index in [0.29, 0.717) is 17.9 Å². The molecule has 0 aliphatic carbocycles. The molecule has 4 rings (SSSR count). The fraction of sp³-hybridized carbons (Fsp3) is 0.278. The first-order valence-electron chi connectivity index (χ1n) is 8.47. The van der Waals surface area contributed by atoms with Gasteiger partial charge in [0.1, 0.15) is 11.5 Å². The number of tetrazole rings is 1. The molecule has 2 heterocycles. The van der Waals surface area contributed by atoms with Crippen molar-refractivity contribution in [1.29, 1.82) is 0 Å². The summed E-state index contributed by atoms with van der Waals surface area (Å²) >= 11 is 3.40. The zero-order chi connectivity index (χ0) is 19.7. The maximum atomic E-state index is 12.9. The Morgan fingerprint density at radius 3 is 2.71 bits per heavy atom. The Morgan fingerprint density at radius 2 is 2.00 bits per heavy atom. The molecule has 146 valence electrons. The number of halogens is 3. The SMILES string of the molecule is COc1ccc([C@@H]2C[C@@H](c3cc(Br)ccc3OC(F)F)n3nnnc3N2)cc1. The molecular weight excluding hydrogens is 436 g/mol. The zero-order valence-corrected chi connectivity index (χ0v) is 16.3. The fourth-order valence-electron chi connectivity index (χ4n) is 3.33. The minimum absolute atomic E-state index is 0.0973. The van der Waals surface area contributed by atoms with E-state index in [9.17, 15) is 8.78 Å². The molecule has 0 radical (unpaired) electrons. The topological polar surface area (TPSA) is 74.1 Å². The van der Waals surface area contributed by atoms with Gasteiger partial charge in [-0.15, -0.1) is 0 Å². The van der Waals surface area contributed by atoms with Crippen LogP contribution in [0.15, 0.2) is 46.9 Å². The van der Waals surface area contributed by atoms with Gasteiger partial charge in [-0.3, -0.25) is 0 Å². The summed E-state index contributed by atoms with van der Waals surface area (Å²) in [5.74, 6) is 1.31. The summed E-state index contributed by atoms with van der Waals surface area (Å²) in [6.45, 7) is -2.92. The van der Waals surface area contributed by atoms with Crippen molar-refractivity contribution in [1.82, 2.24) is 20.2 Å². The summed E-state index contributed by atoms with van der Waals surface area (Å²) in [6.07, 6.45) is 0.542. The number of ether oxygens (including phenoxy) is 2. The summed E-state index contributed by atoms with van der Waals surface area (Å²) in [7, 11) is 1.61. The lowest BCUT2D eigenvalue weighted by Gasteiger charge is -2.32. The van der Waals surface area contributed by atoms with Gasteiger partial charge in [-0.2, -0.15) is 8.78 Å². The molecule has 2 atom stereocenters. The summed E-state index contributed by atoms with van der Waals surface area (Å²) in [6, 6.07) is 12.1. The number of nitrogens with zero attached hydrogens (tertiary/aromatic N) is 4. The van der Waals surface area contributed by atoms with Crippen molar-refractivity contribution in [2.24, 2.45) is 0 Å². The van der Waals surface area contributed by atoms with Crippen LogP contribution in [0, 0.1) is 0 Å². The number of hydrogen-bond donors (Lipinski definition) is 1. The Morgan fingerprint density at radius 1 is 1.21 bits per heavy atom. The van der Waals surface area contributed by atoms with E-state index in [4.69, 9.17) is 9.47 Å². The van der Waals surface area contributed by atoms with E-state index in [1.54, 1.807) is 23.9 Å². The second kappa shape index (κ2) is 7.70. The summed E-state index contributed by atoms with van der Waals surface area (Å²) in [5, 5.41) is 15.1. The number of methoxy groups -OCH3 is 1. The van der Waals surface area contributed by atoms with Crippen LogP contribution in [0.2, 0.25) is 0 Å². The van der Waals surface area contributed by atoms with Gasteiger partial charge in [0.2, 0.25) is 5.95 Å². The molecule has 7 nitrogen and oxygen atoms in total. The molecule has 0 amide bonds. The van der Waals surface area contributed by atoms with Crippen LogP contribution in [-0.4, -0.2) is 33.9 Å². The molecule has 28 heavy (non-hydrogen) atoms. The maximum Gasteiger partial charge on any atom is 0.387 e. The van der Waals surface area contributed by atoms with E-state index in [2.05, 4.69) is 36.8 Å². The van der Waals surface area contributed by atoms with Crippen molar-refractivity contribution in [3.05, 3.63) is 58.1 Å². The number of aromatic nitrogens is 4. The summed E-state index contributed by atoms with van der Waals surface area (Å²) < 4.78 is 38.1. The quantitative estimate of drug-likeness (QED) is 0.626. The van der Waals surface area contributed by atoms with E-state index in [-0.39, 0.29) is 17.8 Å². The average Bonchev–Trinajstić information content (AvgIpc) is 3.17. The minimum Gasteiger partial charge on any atom is -0.497 e. The number of hydrogen-bond acceptors (Lipinski definition) is 6. The van der Waals surface area contributed by atoms with E-state index in [1.165, 1.54) is 6.07 Å². The van der Waals surface area contributed by atoms with Crippen molar-refractivity contribution in [2.75, 3.05) is 12.4 Å². The second-order valence-electron chi connectivity index (χ2n) is 6.23. The third kappa shape index (κ3) is 3.64. The lowest BCUT2D eigenvalue weighted by molar-refractivity contribution is -0.0508. The normalized spacial score (nSPS) is 18.5. The van der Waals surface area contributed by atoms with E-state index >= 15 is 0 Å². The average molecular weight is 452 g/mol. The van der Waals surface area contributed by atoms with Crippen molar-refractivity contribution >= 4 is 21.9 Å². The van der Waals surface area contributed by atoms with Crippen molar-refractivity contribution < 1.29 is 18.3 Å². The van der Waals surface area contributed by atoms with Crippen molar-refractivity contribution in [2.45, 2.75) is 25.1 Å². The van der Waals surface area contributed by atoms with Gasteiger partial charge in [-0.25, -0.2) is 4.68 Å². The van der Waals surface area contributed by atoms with Crippen LogP contribution in [0.4, 0.5) is 14.7 Å². The first-order valence-corrected chi connectivity index (χ1v) is 9.27. The standard InChI is InChI=1S/C18H16BrF2N5O2/c1-27-12-5-2-10(3-6-12)14-9-15(26-18(22-14)23-24-25-26)13-8-11(19)4-7-16(13)28-17(20)21/h2-8,14-15,17H,9H2,1H3,(H,22,23,25)/t14-,15-/m0/s1. The van der Waals surface area contributed by atoms with Gasteiger partial charge in [0.05, 0.1) is 19.2 Å². The molecular formula is C18H16BrF2N5O2. The second-order valence-corrected chi connectivity index (χ2v) is 7.14. The lowest BCUT2D eigenvalue weighted by atomic mass is 9.93. The van der Waals surface area contributed by atoms with Crippen LogP contribution >= 0.6 is 15.9 Å². The van der Waals surface area contributed by atoms with Gasteiger partial charge in [-0.05, 0) is 52.7 Å². The van der Waals surface area contributed by atoms with Gasteiger partial charge in [-0.1, -0.05) is 33.2 Å². The van der Waals surface area contributed by atoms with Crippen LogP contribution in [-0.2, 0) is 0 Å². The first-order chi connectivity index (χ1) is 13.5. The Balaban J connectivity index is 1.73. The minimum atomic E-state index is -2.92. The highest BCUT2D eigenvalue weighted by atomic mass is 79.9. The molecule has 10 heteroatoms. The van der Waals surface area contributed by atoms with Gasteiger partial charge in [0, 0.05) is 10.0 Å². The molecule has 1 aliphatic heterocycles. The molecule has 1 N–H and O–H groups in total. The number of alkyl halides is 2. The first kappa shape index (κ1) is 18.6. The third-order valence-electron chi connectivity index (χ3n) is 4.62. The van der Waals surface area contributed by atoms with E-state index in [0.717, 1.165) is 15.8 Å². The zero-order valence-electron chi connectivity index (χ0n) is 14.7. The van der Waals surface area contributed by atoms with Gasteiger partial charge >= 0.3 is 6.61 Å². The monoisotopic (exact) mass is 451 g/mol. The maximum absolute atomic E-state index is 12.9. The Hall–Kier alpha value is -2.75. The Bertz CT molecular complexity index is 967. The lowest BCUT2D eigenvalue weighted by Crippen LogP contribution is -2.28. The van der Waals surface area contributed by atoms with Gasteiger partial charge < -0.3 is 14.8 Å². The van der Waals surface area contributed by atoms with Crippen LogP contribution in [0.1, 0.15) is 29.6 Å². The Kier molecular flexibility index (Phi) is 5.12.